The van der Waals surface area contributed by atoms with Crippen molar-refractivity contribution in [2.75, 3.05) is 0 Å². The van der Waals surface area contributed by atoms with Crippen molar-refractivity contribution in [3.63, 3.8) is 0 Å². The van der Waals surface area contributed by atoms with Gasteiger partial charge >= 0.3 is 0 Å². The number of hydrogen-bond acceptors (Lipinski definition) is 5. The van der Waals surface area contributed by atoms with Crippen LogP contribution in [-0.4, -0.2) is 16.2 Å². The monoisotopic (exact) mass is 283 g/mol. The van der Waals surface area contributed by atoms with Crippen molar-refractivity contribution in [2.45, 2.75) is 13.5 Å². The fourth-order valence-electron chi connectivity index (χ4n) is 1.84. The molecule has 0 bridgehead atoms. The van der Waals surface area contributed by atoms with E-state index in [9.17, 15) is 4.79 Å². The Morgan fingerprint density at radius 3 is 2.71 bits per heavy atom. The molecule has 106 valence electrons. The lowest BCUT2D eigenvalue weighted by Gasteiger charge is -1.97. The molecule has 0 saturated carbocycles. The molecule has 0 aliphatic heterocycles. The Balaban J connectivity index is 1.65. The summed E-state index contributed by atoms with van der Waals surface area (Å²) >= 11 is 0. The molecule has 0 fully saturated rings. The third-order valence-electron chi connectivity index (χ3n) is 2.99. The third-order valence-corrected chi connectivity index (χ3v) is 2.99. The highest BCUT2D eigenvalue weighted by Gasteiger charge is 2.11. The zero-order chi connectivity index (χ0) is 14.7. The number of amides is 1. The Hall–Kier alpha value is -2.89. The zero-order valence-corrected chi connectivity index (χ0v) is 11.4. The maximum absolute atomic E-state index is 11.7. The van der Waals surface area contributed by atoms with Crippen molar-refractivity contribution in [2.24, 2.45) is 0 Å². The Kier molecular flexibility index (Phi) is 3.51. The first kappa shape index (κ1) is 13.1. The van der Waals surface area contributed by atoms with Gasteiger partial charge in [0.25, 0.3) is 5.91 Å². The van der Waals surface area contributed by atoms with E-state index in [0.717, 1.165) is 5.56 Å². The zero-order valence-electron chi connectivity index (χ0n) is 11.4. The third kappa shape index (κ3) is 3.00. The molecule has 3 aromatic rings. The molecule has 21 heavy (non-hydrogen) atoms. The summed E-state index contributed by atoms with van der Waals surface area (Å²) < 4.78 is 10.0. The number of nitrogens with one attached hydrogen (secondary N) is 1. The van der Waals surface area contributed by atoms with Gasteiger partial charge in [-0.15, -0.1) is 0 Å². The molecule has 0 saturated heterocycles. The average molecular weight is 283 g/mol. The van der Waals surface area contributed by atoms with Crippen molar-refractivity contribution < 1.29 is 13.8 Å². The highest BCUT2D eigenvalue weighted by Crippen LogP contribution is 2.20. The number of nitrogens with zero attached hydrogens (tertiary/aromatic N) is 2. The standard InChI is InChI=1S/C15H13N3O3/c1-10-2-4-11(5-3-10)14-8-12(18-21-14)9-16-15(19)13-6-7-17-20-13/h2-8H,9H2,1H3,(H,16,19). The number of hydrogen-bond donors (Lipinski definition) is 1. The molecule has 6 nitrogen and oxygen atoms in total. The number of benzene rings is 1. The van der Waals surface area contributed by atoms with Gasteiger partial charge in [0.05, 0.1) is 12.7 Å². The Labute approximate surface area is 120 Å². The lowest BCUT2D eigenvalue weighted by molar-refractivity contribution is 0.0913. The summed E-state index contributed by atoms with van der Waals surface area (Å²) in [4.78, 5) is 11.7. The molecule has 0 unspecified atom stereocenters. The minimum Gasteiger partial charge on any atom is -0.356 e. The van der Waals surface area contributed by atoms with Crippen LogP contribution in [-0.2, 0) is 6.54 Å². The summed E-state index contributed by atoms with van der Waals surface area (Å²) in [7, 11) is 0. The smallest absolute Gasteiger partial charge is 0.290 e. The molecule has 0 atom stereocenters. The fourth-order valence-corrected chi connectivity index (χ4v) is 1.84. The van der Waals surface area contributed by atoms with Crippen LogP contribution in [0.2, 0.25) is 0 Å². The number of rotatable bonds is 4. The Morgan fingerprint density at radius 2 is 2.00 bits per heavy atom. The van der Waals surface area contributed by atoms with Crippen LogP contribution < -0.4 is 5.32 Å². The molecule has 1 amide bonds. The van der Waals surface area contributed by atoms with E-state index in [0.29, 0.717) is 11.5 Å². The van der Waals surface area contributed by atoms with E-state index in [1.807, 2.05) is 31.2 Å². The Bertz CT molecular complexity index is 730. The highest BCUT2D eigenvalue weighted by atomic mass is 16.5. The fraction of sp³-hybridized carbons (Fsp3) is 0.133. The quantitative estimate of drug-likeness (QED) is 0.795. The average Bonchev–Trinajstić information content (AvgIpc) is 3.17. The van der Waals surface area contributed by atoms with Crippen LogP contribution in [0.1, 0.15) is 21.8 Å². The first-order valence-corrected chi connectivity index (χ1v) is 6.44. The lowest BCUT2D eigenvalue weighted by Crippen LogP contribution is -2.22. The molecule has 2 aromatic heterocycles. The number of carbonyl (C=O) groups excluding carboxylic acids is 1. The predicted molar refractivity (Wildman–Crippen MR) is 74.3 cm³/mol. The first-order chi connectivity index (χ1) is 10.2. The second-order valence-corrected chi connectivity index (χ2v) is 4.61. The molecule has 0 aliphatic carbocycles. The summed E-state index contributed by atoms with van der Waals surface area (Å²) in [6.07, 6.45) is 1.42. The molecule has 0 aliphatic rings. The molecule has 1 N–H and O–H groups in total. The van der Waals surface area contributed by atoms with Gasteiger partial charge in [-0.05, 0) is 6.92 Å². The number of aromatic nitrogens is 2. The molecule has 0 spiro atoms. The maximum Gasteiger partial charge on any atom is 0.290 e. The summed E-state index contributed by atoms with van der Waals surface area (Å²) in [5, 5.41) is 10.1. The number of carbonyl (C=O) groups is 1. The van der Waals surface area contributed by atoms with Gasteiger partial charge in [-0.1, -0.05) is 40.1 Å². The molecule has 2 heterocycles. The van der Waals surface area contributed by atoms with Gasteiger partial charge in [0.15, 0.2) is 5.76 Å². The molecular formula is C15H13N3O3. The van der Waals surface area contributed by atoms with Gasteiger partial charge in [0.1, 0.15) is 5.69 Å². The van der Waals surface area contributed by atoms with E-state index in [-0.39, 0.29) is 18.2 Å². The largest absolute Gasteiger partial charge is 0.356 e. The van der Waals surface area contributed by atoms with Crippen LogP contribution in [0, 0.1) is 6.92 Å². The molecule has 3 rings (SSSR count). The van der Waals surface area contributed by atoms with Crippen LogP contribution in [0.15, 0.2) is 51.6 Å². The van der Waals surface area contributed by atoms with Crippen molar-refractivity contribution in [1.82, 2.24) is 15.6 Å². The maximum atomic E-state index is 11.7. The molecule has 0 radical (unpaired) electrons. The second-order valence-electron chi connectivity index (χ2n) is 4.61. The molecule has 6 heteroatoms. The topological polar surface area (TPSA) is 81.2 Å². The molecule has 1 aromatic carbocycles. The van der Waals surface area contributed by atoms with Gasteiger partial charge in [-0.25, -0.2) is 0 Å². The predicted octanol–water partition coefficient (Wildman–Crippen LogP) is 2.57. The summed E-state index contributed by atoms with van der Waals surface area (Å²) in [5.74, 6) is 0.489. The minimum absolute atomic E-state index is 0.164. The van der Waals surface area contributed by atoms with E-state index in [2.05, 4.69) is 15.6 Å². The van der Waals surface area contributed by atoms with E-state index in [4.69, 9.17) is 9.05 Å². The van der Waals surface area contributed by atoms with Crippen molar-refractivity contribution in [3.05, 3.63) is 59.6 Å². The van der Waals surface area contributed by atoms with Crippen LogP contribution in [0.25, 0.3) is 11.3 Å². The van der Waals surface area contributed by atoms with Crippen molar-refractivity contribution >= 4 is 5.91 Å². The summed E-state index contributed by atoms with van der Waals surface area (Å²) in [6.45, 7) is 2.28. The second kappa shape index (κ2) is 5.62. The van der Waals surface area contributed by atoms with E-state index in [1.165, 1.54) is 17.8 Å². The molecular weight excluding hydrogens is 270 g/mol. The Morgan fingerprint density at radius 1 is 1.19 bits per heavy atom. The van der Waals surface area contributed by atoms with Crippen molar-refractivity contribution in [3.8, 4) is 11.3 Å². The first-order valence-electron chi connectivity index (χ1n) is 6.44. The van der Waals surface area contributed by atoms with E-state index < -0.39 is 0 Å². The van der Waals surface area contributed by atoms with E-state index in [1.54, 1.807) is 6.07 Å². The van der Waals surface area contributed by atoms with Crippen LogP contribution in [0.3, 0.4) is 0 Å². The van der Waals surface area contributed by atoms with Crippen molar-refractivity contribution in [1.29, 1.82) is 0 Å². The van der Waals surface area contributed by atoms with Gasteiger partial charge in [-0.2, -0.15) is 0 Å². The van der Waals surface area contributed by atoms with Crippen LogP contribution in [0.4, 0.5) is 0 Å². The van der Waals surface area contributed by atoms with Gasteiger partial charge in [0, 0.05) is 17.7 Å². The summed E-state index contributed by atoms with van der Waals surface area (Å²) in [6, 6.07) is 11.2. The highest BCUT2D eigenvalue weighted by molar-refractivity contribution is 5.91. The normalized spacial score (nSPS) is 10.5. The lowest BCUT2D eigenvalue weighted by atomic mass is 10.1. The van der Waals surface area contributed by atoms with Gasteiger partial charge in [-0.3, -0.25) is 4.79 Å². The minimum atomic E-state index is -0.340. The van der Waals surface area contributed by atoms with Crippen LogP contribution in [0.5, 0.6) is 0 Å². The van der Waals surface area contributed by atoms with Crippen LogP contribution >= 0.6 is 0 Å². The number of aryl methyl sites for hydroxylation is 1. The SMILES string of the molecule is Cc1ccc(-c2cc(CNC(=O)c3ccno3)no2)cc1. The van der Waals surface area contributed by atoms with E-state index >= 15 is 0 Å². The van der Waals surface area contributed by atoms with Gasteiger partial charge < -0.3 is 14.4 Å². The summed E-state index contributed by atoms with van der Waals surface area (Å²) in [5.41, 5.74) is 2.76. The van der Waals surface area contributed by atoms with Gasteiger partial charge in [0.2, 0.25) is 5.76 Å².